The number of aromatic nitrogens is 4. The molecule has 2 N–H and O–H groups in total. The summed E-state index contributed by atoms with van der Waals surface area (Å²) in [5, 5.41) is 45.8. The molecule has 0 bridgehead atoms. The van der Waals surface area contributed by atoms with Gasteiger partial charge < -0.3 is 5.32 Å². The number of carbonyl (C=O) groups excluding carboxylic acids is 2. The van der Waals surface area contributed by atoms with Crippen LogP contribution in [0.3, 0.4) is 0 Å². The van der Waals surface area contributed by atoms with E-state index in [2.05, 4.69) is 31.0 Å². The molecule has 17 heteroatoms. The number of nitro benzene ring substituents is 2. The van der Waals surface area contributed by atoms with Crippen LogP contribution in [0.2, 0.25) is 0 Å². The first kappa shape index (κ1) is 28.2. The third-order valence-electron chi connectivity index (χ3n) is 6.19. The molecular formula is C24H20N8O6S3. The van der Waals surface area contributed by atoms with Gasteiger partial charge in [0.15, 0.2) is 0 Å². The first-order valence-corrected chi connectivity index (χ1v) is 14.6. The number of carbonyl (C=O) groups is 2. The van der Waals surface area contributed by atoms with Crippen molar-refractivity contribution in [2.45, 2.75) is 42.4 Å². The van der Waals surface area contributed by atoms with Gasteiger partial charge in [-0.3, -0.25) is 35.1 Å². The zero-order valence-electron chi connectivity index (χ0n) is 21.0. The Morgan fingerprint density at radius 3 is 2.07 bits per heavy atom. The van der Waals surface area contributed by atoms with Gasteiger partial charge in [0.05, 0.1) is 16.3 Å². The number of amides is 2. The lowest BCUT2D eigenvalue weighted by molar-refractivity contribution is -0.385. The monoisotopic (exact) mass is 612 g/mol. The summed E-state index contributed by atoms with van der Waals surface area (Å²) in [6.45, 7) is 0. The van der Waals surface area contributed by atoms with E-state index in [0.29, 0.717) is 20.7 Å². The molecule has 2 aromatic carbocycles. The van der Waals surface area contributed by atoms with Crippen LogP contribution < -0.4 is 10.6 Å². The van der Waals surface area contributed by atoms with Crippen LogP contribution in [0.1, 0.15) is 46.7 Å². The molecule has 1 saturated carbocycles. The molecule has 210 valence electrons. The maximum absolute atomic E-state index is 12.4. The molecule has 2 atom stereocenters. The van der Waals surface area contributed by atoms with Crippen molar-refractivity contribution in [2.75, 3.05) is 10.6 Å². The van der Waals surface area contributed by atoms with Crippen LogP contribution in [-0.4, -0.2) is 41.4 Å². The fourth-order valence-electron chi connectivity index (χ4n) is 4.34. The zero-order chi connectivity index (χ0) is 28.9. The third kappa shape index (κ3) is 7.24. The van der Waals surface area contributed by atoms with Gasteiger partial charge in [-0.2, -0.15) is 0 Å². The molecule has 0 aliphatic heterocycles. The largest absolute Gasteiger partial charge is 0.300 e. The molecular weight excluding hydrogens is 593 g/mol. The predicted octanol–water partition coefficient (Wildman–Crippen LogP) is 5.76. The molecule has 0 radical (unpaired) electrons. The van der Waals surface area contributed by atoms with E-state index in [1.165, 1.54) is 59.1 Å². The van der Waals surface area contributed by atoms with Gasteiger partial charge in [0.1, 0.15) is 10.0 Å². The zero-order valence-corrected chi connectivity index (χ0v) is 23.4. The first-order chi connectivity index (χ1) is 19.7. The molecule has 0 saturated heterocycles. The number of nitro groups is 2. The van der Waals surface area contributed by atoms with E-state index in [1.807, 2.05) is 0 Å². The van der Waals surface area contributed by atoms with Crippen LogP contribution in [0.4, 0.5) is 26.4 Å². The Morgan fingerprint density at radius 2 is 1.44 bits per heavy atom. The number of benzene rings is 2. The van der Waals surface area contributed by atoms with E-state index in [4.69, 9.17) is 0 Å². The van der Waals surface area contributed by atoms with Crippen molar-refractivity contribution in [1.82, 2.24) is 20.4 Å². The van der Waals surface area contributed by atoms with Crippen molar-refractivity contribution in [3.63, 3.8) is 0 Å². The quantitative estimate of drug-likeness (QED) is 0.132. The molecule has 5 rings (SSSR count). The summed E-state index contributed by atoms with van der Waals surface area (Å²) >= 11 is 3.41. The number of non-ortho nitro benzene ring substituents is 2. The summed E-state index contributed by atoms with van der Waals surface area (Å²) in [5.41, 5.74) is 0.353. The van der Waals surface area contributed by atoms with Crippen molar-refractivity contribution in [1.29, 1.82) is 0 Å². The van der Waals surface area contributed by atoms with Gasteiger partial charge in [-0.15, -0.1) is 20.4 Å². The average Bonchev–Trinajstić information content (AvgIpc) is 3.70. The summed E-state index contributed by atoms with van der Waals surface area (Å²) in [6.07, 6.45) is 2.44. The van der Waals surface area contributed by atoms with Crippen LogP contribution in [0.5, 0.6) is 0 Å². The van der Waals surface area contributed by atoms with Crippen LogP contribution in [0.25, 0.3) is 0 Å². The molecule has 1 aliphatic rings. The average molecular weight is 613 g/mol. The highest BCUT2D eigenvalue weighted by Gasteiger charge is 2.32. The number of thioether (sulfide) groups is 1. The number of hydrogen-bond donors (Lipinski definition) is 2. The highest BCUT2D eigenvalue weighted by atomic mass is 32.2. The second-order valence-corrected chi connectivity index (χ2v) is 12.1. The minimum atomic E-state index is -0.518. The Kier molecular flexibility index (Phi) is 8.55. The molecule has 1 aliphatic carbocycles. The fraction of sp³-hybridized carbons (Fsp3) is 0.250. The number of anilines is 2. The summed E-state index contributed by atoms with van der Waals surface area (Å²) in [4.78, 5) is 46.2. The Hall–Kier alpha value is -4.35. The molecule has 2 amide bonds. The number of nitrogens with zero attached hydrogens (tertiary/aromatic N) is 6. The molecule has 4 aromatic rings. The highest BCUT2D eigenvalue weighted by Crippen LogP contribution is 2.45. The predicted molar refractivity (Wildman–Crippen MR) is 153 cm³/mol. The van der Waals surface area contributed by atoms with Gasteiger partial charge in [0, 0.05) is 41.0 Å². The van der Waals surface area contributed by atoms with E-state index >= 15 is 0 Å². The third-order valence-corrected chi connectivity index (χ3v) is 8.97. The summed E-state index contributed by atoms with van der Waals surface area (Å²) in [6, 6.07) is 11.7. The van der Waals surface area contributed by atoms with Gasteiger partial charge in [-0.05, 0) is 42.7 Å². The van der Waals surface area contributed by atoms with Crippen molar-refractivity contribution >= 4 is 67.2 Å². The second kappa shape index (κ2) is 12.4. The number of nitrogens with one attached hydrogen (secondary N) is 2. The molecule has 0 spiro atoms. The normalized spacial score (nSPS) is 16.3. The number of hydrogen-bond acceptors (Lipinski definition) is 13. The van der Waals surface area contributed by atoms with Crippen molar-refractivity contribution in [3.8, 4) is 0 Å². The van der Waals surface area contributed by atoms with Crippen LogP contribution in [0.15, 0.2) is 53.4 Å². The van der Waals surface area contributed by atoms with E-state index < -0.39 is 15.1 Å². The minimum Gasteiger partial charge on any atom is -0.300 e. The van der Waals surface area contributed by atoms with E-state index in [1.54, 1.807) is 12.1 Å². The number of rotatable bonds is 9. The van der Waals surface area contributed by atoms with E-state index in [-0.39, 0.29) is 35.5 Å². The molecule has 2 heterocycles. The minimum absolute atomic E-state index is 0.0260. The lowest BCUT2D eigenvalue weighted by atomic mass is 10.1. The Morgan fingerprint density at radius 1 is 0.854 bits per heavy atom. The maximum atomic E-state index is 12.4. The van der Waals surface area contributed by atoms with Crippen molar-refractivity contribution < 1.29 is 19.4 Å². The van der Waals surface area contributed by atoms with E-state index in [9.17, 15) is 29.8 Å². The summed E-state index contributed by atoms with van der Waals surface area (Å²) in [5.74, 6) is -0.0840. The van der Waals surface area contributed by atoms with Gasteiger partial charge in [0.2, 0.25) is 16.2 Å². The SMILES string of the molecule is O=C(Cc1cccc([N+](=O)[O-])c1)Nc1nnc(C2CCC(c3nnc(NC(=O)Sc4cccc([N+](=O)[O-])c4)s3)C2)s1. The fourth-order valence-corrected chi connectivity index (χ4v) is 6.89. The van der Waals surface area contributed by atoms with Crippen molar-refractivity contribution in [2.24, 2.45) is 0 Å². The second-order valence-electron chi connectivity index (χ2n) is 9.02. The molecule has 2 unspecified atom stereocenters. The topological polar surface area (TPSA) is 196 Å². The molecule has 2 aromatic heterocycles. The highest BCUT2D eigenvalue weighted by molar-refractivity contribution is 8.14. The first-order valence-electron chi connectivity index (χ1n) is 12.2. The molecule has 14 nitrogen and oxygen atoms in total. The van der Waals surface area contributed by atoms with Crippen LogP contribution in [0, 0.1) is 20.2 Å². The van der Waals surface area contributed by atoms with Crippen LogP contribution >= 0.6 is 34.4 Å². The Bertz CT molecular complexity index is 1510. The summed E-state index contributed by atoms with van der Waals surface area (Å²) < 4.78 is 0. The van der Waals surface area contributed by atoms with Gasteiger partial charge in [0.25, 0.3) is 16.6 Å². The molecule has 41 heavy (non-hydrogen) atoms. The van der Waals surface area contributed by atoms with Crippen molar-refractivity contribution in [3.05, 3.63) is 84.3 Å². The Labute approximate surface area is 243 Å². The van der Waals surface area contributed by atoms with Gasteiger partial charge in [-0.1, -0.05) is 40.9 Å². The lowest BCUT2D eigenvalue weighted by Gasteiger charge is -2.05. The maximum Gasteiger partial charge on any atom is 0.290 e. The smallest absolute Gasteiger partial charge is 0.290 e. The summed E-state index contributed by atoms with van der Waals surface area (Å²) in [7, 11) is 0. The lowest BCUT2D eigenvalue weighted by Crippen LogP contribution is -2.14. The van der Waals surface area contributed by atoms with Gasteiger partial charge >= 0.3 is 0 Å². The Balaban J connectivity index is 1.12. The van der Waals surface area contributed by atoms with E-state index in [0.717, 1.165) is 41.0 Å². The van der Waals surface area contributed by atoms with Gasteiger partial charge in [-0.25, -0.2) is 0 Å². The standard InChI is InChI=1S/C24H20N8O6S3/c33-19(10-13-3-1-4-16(9-13)31(35)36)25-22-29-27-20(40-22)14-7-8-15(11-14)21-28-30-23(41-21)26-24(34)39-18-6-2-5-17(12-18)32(37)38/h1-6,9,12,14-15H,7-8,10-11H2,(H,25,29,33)(H,26,30,34). The molecule has 1 fully saturated rings. The van der Waals surface area contributed by atoms with Crippen LogP contribution in [-0.2, 0) is 11.2 Å².